The van der Waals surface area contributed by atoms with E-state index in [0.717, 1.165) is 24.7 Å². The zero-order valence-electron chi connectivity index (χ0n) is 15.1. The molecule has 0 aromatic heterocycles. The number of benzene rings is 1. The lowest BCUT2D eigenvalue weighted by molar-refractivity contribution is -0.124. The maximum atomic E-state index is 11.9. The van der Waals surface area contributed by atoms with Crippen LogP contribution in [0.5, 0.6) is 0 Å². The Balaban J connectivity index is 2.06. The zero-order chi connectivity index (χ0) is 17.5. The van der Waals surface area contributed by atoms with Crippen molar-refractivity contribution in [2.24, 2.45) is 0 Å². The van der Waals surface area contributed by atoms with Crippen LogP contribution in [-0.4, -0.2) is 18.2 Å². The van der Waals surface area contributed by atoms with E-state index in [1.54, 1.807) is 0 Å². The largest absolute Gasteiger partial charge is 0.346 e. The first-order valence-corrected chi connectivity index (χ1v) is 9.54. The molecule has 1 N–H and O–H groups in total. The first kappa shape index (κ1) is 20.4. The van der Waals surface area contributed by atoms with Crippen molar-refractivity contribution in [2.45, 2.75) is 83.6 Å². The summed E-state index contributed by atoms with van der Waals surface area (Å²) in [4.78, 5) is 23.1. The molecule has 1 aromatic carbocycles. The van der Waals surface area contributed by atoms with E-state index >= 15 is 0 Å². The van der Waals surface area contributed by atoms with Gasteiger partial charge in [-0.1, -0.05) is 88.6 Å². The van der Waals surface area contributed by atoms with Crippen LogP contribution in [0.15, 0.2) is 30.3 Å². The Morgan fingerprint density at radius 3 is 2.12 bits per heavy atom. The van der Waals surface area contributed by atoms with Crippen molar-refractivity contribution in [2.75, 3.05) is 0 Å². The van der Waals surface area contributed by atoms with Gasteiger partial charge in [0.25, 0.3) is 0 Å². The summed E-state index contributed by atoms with van der Waals surface area (Å²) in [6.45, 7) is 2.24. The minimum absolute atomic E-state index is 0.00835. The van der Waals surface area contributed by atoms with E-state index in [-0.39, 0.29) is 5.91 Å². The van der Waals surface area contributed by atoms with Gasteiger partial charge >= 0.3 is 0 Å². The van der Waals surface area contributed by atoms with E-state index in [9.17, 15) is 9.59 Å². The van der Waals surface area contributed by atoms with E-state index < -0.39 is 6.04 Å². The van der Waals surface area contributed by atoms with Crippen molar-refractivity contribution < 1.29 is 9.59 Å². The fourth-order valence-corrected chi connectivity index (χ4v) is 2.88. The van der Waals surface area contributed by atoms with Crippen LogP contribution in [-0.2, 0) is 16.0 Å². The molecule has 0 bridgehead atoms. The van der Waals surface area contributed by atoms with Gasteiger partial charge in [-0.15, -0.1) is 0 Å². The average Bonchev–Trinajstić information content (AvgIpc) is 2.60. The van der Waals surface area contributed by atoms with Gasteiger partial charge in [-0.25, -0.2) is 0 Å². The summed E-state index contributed by atoms with van der Waals surface area (Å²) in [5.41, 5.74) is 1.07. The molecule has 0 aliphatic carbocycles. The Kier molecular flexibility index (Phi) is 11.7. The highest BCUT2D eigenvalue weighted by molar-refractivity contribution is 5.79. The summed E-state index contributed by atoms with van der Waals surface area (Å²) in [6.07, 6.45) is 13.1. The van der Waals surface area contributed by atoms with Gasteiger partial charge in [0.1, 0.15) is 6.29 Å². The lowest BCUT2D eigenvalue weighted by Gasteiger charge is -2.12. The molecule has 1 aromatic rings. The van der Waals surface area contributed by atoms with Crippen molar-refractivity contribution in [3.63, 3.8) is 0 Å². The second kappa shape index (κ2) is 13.8. The Labute approximate surface area is 147 Å². The van der Waals surface area contributed by atoms with E-state index in [4.69, 9.17) is 0 Å². The van der Waals surface area contributed by atoms with Gasteiger partial charge in [0.05, 0.1) is 6.04 Å². The summed E-state index contributed by atoms with van der Waals surface area (Å²) in [5, 5.41) is 2.83. The van der Waals surface area contributed by atoms with Crippen molar-refractivity contribution in [1.29, 1.82) is 0 Å². The Morgan fingerprint density at radius 2 is 1.54 bits per heavy atom. The van der Waals surface area contributed by atoms with Crippen molar-refractivity contribution in [3.05, 3.63) is 35.9 Å². The molecule has 3 nitrogen and oxygen atoms in total. The highest BCUT2D eigenvalue weighted by Gasteiger charge is 2.11. The van der Waals surface area contributed by atoms with Gasteiger partial charge in [0.2, 0.25) is 5.91 Å². The highest BCUT2D eigenvalue weighted by Crippen LogP contribution is 2.10. The molecule has 0 heterocycles. The van der Waals surface area contributed by atoms with E-state index in [0.29, 0.717) is 12.8 Å². The van der Waals surface area contributed by atoms with Crippen LogP contribution >= 0.6 is 0 Å². The summed E-state index contributed by atoms with van der Waals surface area (Å²) in [5.74, 6) is -0.00835. The topological polar surface area (TPSA) is 46.2 Å². The van der Waals surface area contributed by atoms with Crippen LogP contribution < -0.4 is 5.32 Å². The zero-order valence-corrected chi connectivity index (χ0v) is 15.1. The smallest absolute Gasteiger partial charge is 0.220 e. The third-order valence-corrected chi connectivity index (χ3v) is 4.32. The lowest BCUT2D eigenvalue weighted by atomic mass is 10.1. The van der Waals surface area contributed by atoms with Crippen LogP contribution in [0.25, 0.3) is 0 Å². The average molecular weight is 332 g/mol. The van der Waals surface area contributed by atoms with E-state index in [1.165, 1.54) is 44.9 Å². The number of carbonyl (C=O) groups excluding carboxylic acids is 2. The van der Waals surface area contributed by atoms with Gasteiger partial charge in [-0.2, -0.15) is 0 Å². The van der Waals surface area contributed by atoms with E-state index in [1.807, 2.05) is 30.3 Å². The first-order chi connectivity index (χ1) is 11.8. The van der Waals surface area contributed by atoms with Crippen LogP contribution in [0.3, 0.4) is 0 Å². The quantitative estimate of drug-likeness (QED) is 0.392. The van der Waals surface area contributed by atoms with Gasteiger partial charge in [0.15, 0.2) is 0 Å². The van der Waals surface area contributed by atoms with Crippen LogP contribution in [0, 0.1) is 0 Å². The van der Waals surface area contributed by atoms with Crippen molar-refractivity contribution in [1.82, 2.24) is 5.32 Å². The molecule has 0 saturated heterocycles. The second-order valence-electron chi connectivity index (χ2n) is 6.58. The number of aldehydes is 1. The summed E-state index contributed by atoms with van der Waals surface area (Å²) >= 11 is 0. The third-order valence-electron chi connectivity index (χ3n) is 4.32. The second-order valence-corrected chi connectivity index (χ2v) is 6.58. The number of nitrogens with one attached hydrogen (secondary N) is 1. The standard InChI is InChI=1S/C21H33NO2/c1-2-3-4-5-6-7-8-9-13-16-21(24)22-20(18-23)17-19-14-11-10-12-15-19/h10-12,14-15,18,20H,2-9,13,16-17H2,1H3,(H,22,24). The third kappa shape index (κ3) is 10.2. The maximum absolute atomic E-state index is 11.9. The number of amides is 1. The molecule has 24 heavy (non-hydrogen) atoms. The molecule has 1 unspecified atom stereocenters. The van der Waals surface area contributed by atoms with Gasteiger partial charge in [-0.3, -0.25) is 4.79 Å². The molecule has 0 aliphatic rings. The number of rotatable bonds is 14. The molecule has 1 atom stereocenters. The van der Waals surface area contributed by atoms with Crippen LogP contribution in [0.2, 0.25) is 0 Å². The predicted octanol–water partition coefficient (Wildman–Crippen LogP) is 4.83. The van der Waals surface area contributed by atoms with Gasteiger partial charge in [-0.05, 0) is 18.4 Å². The number of unbranched alkanes of at least 4 members (excludes halogenated alkanes) is 8. The molecule has 1 rings (SSSR count). The SMILES string of the molecule is CCCCCCCCCCCC(=O)NC(C=O)Cc1ccccc1. The monoisotopic (exact) mass is 331 g/mol. The normalized spacial score (nSPS) is 11.9. The molecule has 0 radical (unpaired) electrons. The number of hydrogen-bond donors (Lipinski definition) is 1. The van der Waals surface area contributed by atoms with Crippen molar-refractivity contribution >= 4 is 12.2 Å². The highest BCUT2D eigenvalue weighted by atomic mass is 16.2. The van der Waals surface area contributed by atoms with Gasteiger partial charge < -0.3 is 10.1 Å². The van der Waals surface area contributed by atoms with E-state index in [2.05, 4.69) is 12.2 Å². The molecule has 1 amide bonds. The minimum Gasteiger partial charge on any atom is -0.346 e. The summed E-state index contributed by atoms with van der Waals surface area (Å²) < 4.78 is 0. The molecule has 0 saturated carbocycles. The molecular formula is C21H33NO2. The predicted molar refractivity (Wildman–Crippen MR) is 100.0 cm³/mol. The molecule has 134 valence electrons. The first-order valence-electron chi connectivity index (χ1n) is 9.54. The lowest BCUT2D eigenvalue weighted by Crippen LogP contribution is -2.37. The molecule has 0 aliphatic heterocycles. The number of hydrogen-bond acceptors (Lipinski definition) is 2. The summed E-state index contributed by atoms with van der Waals surface area (Å²) in [6, 6.07) is 9.37. The molecule has 0 spiro atoms. The fraction of sp³-hybridized carbons (Fsp3) is 0.619. The minimum atomic E-state index is -0.418. The maximum Gasteiger partial charge on any atom is 0.220 e. The Bertz CT molecular complexity index is 444. The molecule has 3 heteroatoms. The van der Waals surface area contributed by atoms with Gasteiger partial charge in [0, 0.05) is 6.42 Å². The molecular weight excluding hydrogens is 298 g/mol. The van der Waals surface area contributed by atoms with Crippen molar-refractivity contribution in [3.8, 4) is 0 Å². The molecule has 0 fully saturated rings. The van der Waals surface area contributed by atoms with Crippen LogP contribution in [0.1, 0.15) is 76.7 Å². The Hall–Kier alpha value is -1.64. The van der Waals surface area contributed by atoms with Crippen LogP contribution in [0.4, 0.5) is 0 Å². The Morgan fingerprint density at radius 1 is 0.958 bits per heavy atom. The number of carbonyl (C=O) groups is 2. The summed E-state index contributed by atoms with van der Waals surface area (Å²) in [7, 11) is 0. The fourth-order valence-electron chi connectivity index (χ4n) is 2.88.